The van der Waals surface area contributed by atoms with Crippen LogP contribution in [-0.2, 0) is 20.9 Å². The lowest BCUT2D eigenvalue weighted by atomic mass is 10.1. The van der Waals surface area contributed by atoms with Crippen molar-refractivity contribution < 1.29 is 33.4 Å². The predicted molar refractivity (Wildman–Crippen MR) is 145 cm³/mol. The minimum Gasteiger partial charge on any atom is -0.493 e. The molecular weight excluding hydrogens is 500 g/mol. The molecule has 9 nitrogen and oxygen atoms in total. The molecule has 4 rings (SSSR count). The molecule has 0 aromatic heterocycles. The van der Waals surface area contributed by atoms with E-state index in [9.17, 15) is 19.2 Å². The summed E-state index contributed by atoms with van der Waals surface area (Å²) in [6.07, 6.45) is 1.37. The van der Waals surface area contributed by atoms with Crippen molar-refractivity contribution >= 4 is 35.6 Å². The number of nitrogens with zero attached hydrogens (tertiary/aromatic N) is 1. The number of anilines is 1. The zero-order chi connectivity index (χ0) is 28.1. The number of benzene rings is 3. The Hall–Kier alpha value is -4.92. The quantitative estimate of drug-likeness (QED) is 0.256. The van der Waals surface area contributed by atoms with E-state index in [4.69, 9.17) is 14.2 Å². The number of methoxy groups -OCH3 is 1. The largest absolute Gasteiger partial charge is 0.493 e. The fourth-order valence-corrected chi connectivity index (χ4v) is 3.97. The summed E-state index contributed by atoms with van der Waals surface area (Å²) in [5.74, 6) is -1.24. The van der Waals surface area contributed by atoms with Crippen molar-refractivity contribution in [3.05, 3.63) is 94.1 Å². The van der Waals surface area contributed by atoms with Crippen LogP contribution in [0.2, 0.25) is 0 Å². The van der Waals surface area contributed by atoms with E-state index < -0.39 is 23.8 Å². The van der Waals surface area contributed by atoms with E-state index in [0.29, 0.717) is 23.7 Å². The van der Waals surface area contributed by atoms with Gasteiger partial charge >= 0.3 is 12.0 Å². The maximum atomic E-state index is 13.2. The van der Waals surface area contributed by atoms with Gasteiger partial charge in [0.1, 0.15) is 12.2 Å². The van der Waals surface area contributed by atoms with Crippen LogP contribution in [0.4, 0.5) is 10.5 Å². The number of hydrogen-bond donors (Lipinski definition) is 1. The highest BCUT2D eigenvalue weighted by atomic mass is 16.5. The highest BCUT2D eigenvalue weighted by molar-refractivity contribution is 6.39. The number of carbonyl (C=O) groups is 4. The van der Waals surface area contributed by atoms with Gasteiger partial charge in [-0.05, 0) is 85.5 Å². The third-order valence-corrected chi connectivity index (χ3v) is 6.20. The molecule has 0 spiro atoms. The Labute approximate surface area is 226 Å². The average Bonchev–Trinajstić information content (AvgIpc) is 2.92. The molecular formula is C30H28N2O7. The molecule has 200 valence electrons. The van der Waals surface area contributed by atoms with E-state index >= 15 is 0 Å². The number of nitrogens with one attached hydrogen (secondary N) is 1. The van der Waals surface area contributed by atoms with Crippen molar-refractivity contribution in [3.8, 4) is 11.5 Å². The lowest BCUT2D eigenvalue weighted by molar-refractivity contribution is -0.122. The second kappa shape index (κ2) is 11.6. The lowest BCUT2D eigenvalue weighted by Crippen LogP contribution is -2.54. The average molecular weight is 529 g/mol. The molecule has 0 aliphatic carbocycles. The Kier molecular flexibility index (Phi) is 8.10. The van der Waals surface area contributed by atoms with Gasteiger partial charge in [-0.1, -0.05) is 24.3 Å². The van der Waals surface area contributed by atoms with Crippen LogP contribution in [0.5, 0.6) is 11.5 Å². The third-order valence-electron chi connectivity index (χ3n) is 6.20. The van der Waals surface area contributed by atoms with E-state index in [-0.39, 0.29) is 23.4 Å². The molecule has 0 atom stereocenters. The molecule has 1 aliphatic heterocycles. The molecule has 1 N–H and O–H groups in total. The first kappa shape index (κ1) is 27.1. The summed E-state index contributed by atoms with van der Waals surface area (Å²) in [5, 5.41) is 2.18. The normalized spacial score (nSPS) is 14.3. The van der Waals surface area contributed by atoms with Gasteiger partial charge in [-0.25, -0.2) is 14.5 Å². The summed E-state index contributed by atoms with van der Waals surface area (Å²) in [5.41, 5.74) is 4.09. The summed E-state index contributed by atoms with van der Waals surface area (Å²) in [4.78, 5) is 51.1. The van der Waals surface area contributed by atoms with Crippen LogP contribution < -0.4 is 19.7 Å². The van der Waals surface area contributed by atoms with Gasteiger partial charge in [-0.2, -0.15) is 0 Å². The van der Waals surface area contributed by atoms with Gasteiger partial charge in [-0.3, -0.25) is 14.9 Å². The highest BCUT2D eigenvalue weighted by Crippen LogP contribution is 2.31. The van der Waals surface area contributed by atoms with Gasteiger partial charge in [0.2, 0.25) is 0 Å². The Balaban J connectivity index is 1.56. The number of ether oxygens (including phenoxy) is 3. The van der Waals surface area contributed by atoms with Crippen LogP contribution in [0, 0.1) is 13.8 Å². The fourth-order valence-electron chi connectivity index (χ4n) is 3.97. The number of amides is 4. The van der Waals surface area contributed by atoms with Crippen LogP contribution in [-0.4, -0.2) is 37.5 Å². The van der Waals surface area contributed by atoms with Gasteiger partial charge in [0, 0.05) is 0 Å². The van der Waals surface area contributed by atoms with Gasteiger partial charge < -0.3 is 14.2 Å². The summed E-state index contributed by atoms with van der Waals surface area (Å²) < 4.78 is 16.4. The molecule has 1 heterocycles. The van der Waals surface area contributed by atoms with Crippen LogP contribution in [0.15, 0.2) is 66.2 Å². The zero-order valence-electron chi connectivity index (χ0n) is 22.1. The minimum atomic E-state index is -0.890. The van der Waals surface area contributed by atoms with Gasteiger partial charge in [0.05, 0.1) is 25.0 Å². The van der Waals surface area contributed by atoms with Crippen molar-refractivity contribution in [2.45, 2.75) is 27.4 Å². The molecule has 4 amide bonds. The number of imide groups is 2. The molecule has 0 saturated carbocycles. The monoisotopic (exact) mass is 528 g/mol. The van der Waals surface area contributed by atoms with Crippen molar-refractivity contribution in [2.24, 2.45) is 0 Å². The first-order valence-electron chi connectivity index (χ1n) is 12.3. The fraction of sp³-hybridized carbons (Fsp3) is 0.200. The number of esters is 1. The van der Waals surface area contributed by atoms with E-state index in [1.807, 2.05) is 26.0 Å². The van der Waals surface area contributed by atoms with Crippen molar-refractivity contribution in [1.29, 1.82) is 0 Å². The molecule has 3 aromatic rings. The Morgan fingerprint density at radius 2 is 1.67 bits per heavy atom. The minimum absolute atomic E-state index is 0.191. The molecule has 1 aliphatic rings. The van der Waals surface area contributed by atoms with Crippen LogP contribution in [0.1, 0.15) is 39.5 Å². The second-order valence-corrected chi connectivity index (χ2v) is 8.84. The summed E-state index contributed by atoms with van der Waals surface area (Å²) in [6.45, 7) is 6.33. The van der Waals surface area contributed by atoms with Crippen molar-refractivity contribution in [2.75, 3.05) is 18.6 Å². The number of aryl methyl sites for hydroxylation is 2. The third kappa shape index (κ3) is 5.98. The number of carbonyl (C=O) groups excluding carboxylic acids is 4. The van der Waals surface area contributed by atoms with E-state index in [2.05, 4.69) is 11.4 Å². The van der Waals surface area contributed by atoms with Gasteiger partial charge in [0.15, 0.2) is 11.5 Å². The second-order valence-electron chi connectivity index (χ2n) is 8.84. The van der Waals surface area contributed by atoms with Crippen molar-refractivity contribution in [3.63, 3.8) is 0 Å². The molecule has 39 heavy (non-hydrogen) atoms. The van der Waals surface area contributed by atoms with Gasteiger partial charge in [0.25, 0.3) is 11.8 Å². The zero-order valence-corrected chi connectivity index (χ0v) is 22.1. The molecule has 0 unspecified atom stereocenters. The first-order valence-corrected chi connectivity index (χ1v) is 12.3. The molecule has 1 fully saturated rings. The molecule has 3 aromatic carbocycles. The number of urea groups is 1. The smallest absolute Gasteiger partial charge is 0.338 e. The number of barbiturate groups is 1. The first-order chi connectivity index (χ1) is 18.7. The maximum Gasteiger partial charge on any atom is 0.338 e. The molecule has 0 radical (unpaired) electrons. The summed E-state index contributed by atoms with van der Waals surface area (Å²) in [6, 6.07) is 16.0. The predicted octanol–water partition coefficient (Wildman–Crippen LogP) is 4.73. The molecule has 0 bridgehead atoms. The van der Waals surface area contributed by atoms with Crippen LogP contribution in [0.3, 0.4) is 0 Å². The Bertz CT molecular complexity index is 1480. The van der Waals surface area contributed by atoms with E-state index in [0.717, 1.165) is 10.5 Å². The van der Waals surface area contributed by atoms with E-state index in [1.165, 1.54) is 48.6 Å². The van der Waals surface area contributed by atoms with Crippen molar-refractivity contribution in [1.82, 2.24) is 5.32 Å². The lowest BCUT2D eigenvalue weighted by Gasteiger charge is -2.26. The Morgan fingerprint density at radius 3 is 2.33 bits per heavy atom. The highest BCUT2D eigenvalue weighted by Gasteiger charge is 2.37. The van der Waals surface area contributed by atoms with Crippen LogP contribution in [0.25, 0.3) is 6.08 Å². The Morgan fingerprint density at radius 1 is 0.923 bits per heavy atom. The SMILES string of the molecule is CCOC(=O)c1ccc(N2C(=O)NC(=O)/C(=C\c3ccc(OCc4ccc(C)c(C)c4)c(OC)c3)C2=O)cc1. The molecule has 1 saturated heterocycles. The standard InChI is InChI=1S/C30H28N2O7/c1-5-38-29(35)22-9-11-23(12-10-22)32-28(34)24(27(33)31-30(32)36)15-20-8-13-25(26(16-20)37-4)39-17-21-7-6-18(2)19(3)14-21/h6-16H,5,17H2,1-4H3,(H,31,33,36)/b24-15+. The maximum absolute atomic E-state index is 13.2. The number of rotatable bonds is 8. The van der Waals surface area contributed by atoms with E-state index in [1.54, 1.807) is 25.1 Å². The van der Waals surface area contributed by atoms with Crippen LogP contribution >= 0.6 is 0 Å². The topological polar surface area (TPSA) is 111 Å². The number of hydrogen-bond acceptors (Lipinski definition) is 7. The molecule has 9 heteroatoms. The summed E-state index contributed by atoms with van der Waals surface area (Å²) >= 11 is 0. The summed E-state index contributed by atoms with van der Waals surface area (Å²) in [7, 11) is 1.49. The van der Waals surface area contributed by atoms with Gasteiger partial charge in [-0.15, -0.1) is 0 Å².